The van der Waals surface area contributed by atoms with Crippen molar-refractivity contribution in [3.8, 4) is 5.75 Å². The summed E-state index contributed by atoms with van der Waals surface area (Å²) >= 11 is 0. The van der Waals surface area contributed by atoms with Gasteiger partial charge in [-0.25, -0.2) is 0 Å². The van der Waals surface area contributed by atoms with Crippen molar-refractivity contribution < 1.29 is 13.9 Å². The molecule has 0 saturated heterocycles. The van der Waals surface area contributed by atoms with Crippen LogP contribution in [0.3, 0.4) is 0 Å². The number of carbonyl (C=O) groups is 1. The highest BCUT2D eigenvalue weighted by Crippen LogP contribution is 2.20. The van der Waals surface area contributed by atoms with E-state index in [1.54, 1.807) is 6.26 Å². The van der Waals surface area contributed by atoms with E-state index in [0.29, 0.717) is 12.3 Å². The lowest BCUT2D eigenvalue weighted by atomic mass is 10.2. The average Bonchev–Trinajstić information content (AvgIpc) is 3.24. The number of amides is 1. The number of rotatable bonds is 7. The standard InChI is InChI=1S/C20H23N3O3/c1-14-6-4-7-17(10-14)26-13-20(24)21-12-18(19-8-5-9-25-19)23-16(3)11-15(2)22-23/h4-11,18H,12-13H2,1-3H3,(H,21,24). The molecule has 0 aliphatic heterocycles. The van der Waals surface area contributed by atoms with E-state index < -0.39 is 0 Å². The van der Waals surface area contributed by atoms with Crippen molar-refractivity contribution in [3.63, 3.8) is 0 Å². The van der Waals surface area contributed by atoms with Gasteiger partial charge in [0.15, 0.2) is 6.61 Å². The lowest BCUT2D eigenvalue weighted by Gasteiger charge is -2.18. The third-order valence-electron chi connectivity index (χ3n) is 4.06. The third kappa shape index (κ3) is 4.33. The fourth-order valence-electron chi connectivity index (χ4n) is 2.87. The van der Waals surface area contributed by atoms with Gasteiger partial charge in [-0.2, -0.15) is 5.10 Å². The maximum absolute atomic E-state index is 12.2. The van der Waals surface area contributed by atoms with E-state index in [4.69, 9.17) is 9.15 Å². The molecule has 136 valence electrons. The molecular formula is C20H23N3O3. The fraction of sp³-hybridized carbons (Fsp3) is 0.300. The second kappa shape index (κ2) is 7.91. The van der Waals surface area contributed by atoms with Crippen LogP contribution in [-0.2, 0) is 4.79 Å². The van der Waals surface area contributed by atoms with E-state index in [2.05, 4.69) is 10.4 Å². The van der Waals surface area contributed by atoms with Gasteiger partial charge >= 0.3 is 0 Å². The molecule has 0 fully saturated rings. The zero-order valence-corrected chi connectivity index (χ0v) is 15.2. The Kier molecular flexibility index (Phi) is 5.41. The predicted molar refractivity (Wildman–Crippen MR) is 98.2 cm³/mol. The first-order chi connectivity index (χ1) is 12.5. The van der Waals surface area contributed by atoms with Crippen LogP contribution in [0.25, 0.3) is 0 Å². The van der Waals surface area contributed by atoms with Gasteiger partial charge < -0.3 is 14.5 Å². The fourth-order valence-corrected chi connectivity index (χ4v) is 2.87. The van der Waals surface area contributed by atoms with E-state index in [-0.39, 0.29) is 18.6 Å². The minimum absolute atomic E-state index is 0.0363. The zero-order chi connectivity index (χ0) is 18.5. The number of nitrogens with one attached hydrogen (secondary N) is 1. The van der Waals surface area contributed by atoms with Gasteiger partial charge in [0.1, 0.15) is 17.6 Å². The number of aromatic nitrogens is 2. The normalized spacial score (nSPS) is 12.0. The molecule has 26 heavy (non-hydrogen) atoms. The van der Waals surface area contributed by atoms with Crippen LogP contribution in [0.15, 0.2) is 53.1 Å². The summed E-state index contributed by atoms with van der Waals surface area (Å²) in [5.74, 6) is 1.24. The first-order valence-corrected chi connectivity index (χ1v) is 8.55. The van der Waals surface area contributed by atoms with Gasteiger partial charge in [0.25, 0.3) is 5.91 Å². The molecule has 0 bridgehead atoms. The predicted octanol–water partition coefficient (Wildman–Crippen LogP) is 3.19. The van der Waals surface area contributed by atoms with Gasteiger partial charge in [-0.15, -0.1) is 0 Å². The van der Waals surface area contributed by atoms with Crippen LogP contribution in [0.2, 0.25) is 0 Å². The van der Waals surface area contributed by atoms with E-state index >= 15 is 0 Å². The SMILES string of the molecule is Cc1cccc(OCC(=O)NCC(c2ccco2)n2nc(C)cc2C)c1. The molecule has 2 aromatic heterocycles. The molecule has 0 spiro atoms. The summed E-state index contributed by atoms with van der Waals surface area (Å²) in [5, 5.41) is 7.43. The van der Waals surface area contributed by atoms with Gasteiger partial charge in [0.05, 0.1) is 12.0 Å². The van der Waals surface area contributed by atoms with Crippen LogP contribution < -0.4 is 10.1 Å². The first kappa shape index (κ1) is 17.8. The molecule has 0 aliphatic carbocycles. The van der Waals surface area contributed by atoms with E-state index in [1.807, 2.05) is 67.9 Å². The molecule has 1 atom stereocenters. The van der Waals surface area contributed by atoms with Crippen molar-refractivity contribution in [2.45, 2.75) is 26.8 Å². The maximum atomic E-state index is 12.2. The van der Waals surface area contributed by atoms with Crippen LogP contribution in [0, 0.1) is 20.8 Å². The number of hydrogen-bond donors (Lipinski definition) is 1. The molecular weight excluding hydrogens is 330 g/mol. The highest BCUT2D eigenvalue weighted by molar-refractivity contribution is 5.77. The molecule has 1 N–H and O–H groups in total. The quantitative estimate of drug-likeness (QED) is 0.708. The Labute approximate surface area is 152 Å². The number of carbonyl (C=O) groups excluding carboxylic acids is 1. The molecule has 3 aromatic rings. The van der Waals surface area contributed by atoms with Crippen molar-refractivity contribution in [1.82, 2.24) is 15.1 Å². The Morgan fingerprint density at radius 1 is 1.23 bits per heavy atom. The van der Waals surface area contributed by atoms with Gasteiger partial charge in [-0.1, -0.05) is 12.1 Å². The van der Waals surface area contributed by atoms with Crippen LogP contribution >= 0.6 is 0 Å². The number of furan rings is 1. The molecule has 0 radical (unpaired) electrons. The molecule has 0 saturated carbocycles. The molecule has 3 rings (SSSR count). The van der Waals surface area contributed by atoms with Gasteiger partial charge in [-0.3, -0.25) is 9.48 Å². The molecule has 1 amide bonds. The second-order valence-corrected chi connectivity index (χ2v) is 6.31. The highest BCUT2D eigenvalue weighted by atomic mass is 16.5. The average molecular weight is 353 g/mol. The molecule has 6 nitrogen and oxygen atoms in total. The van der Waals surface area contributed by atoms with Gasteiger partial charge in [0.2, 0.25) is 0 Å². The van der Waals surface area contributed by atoms with Crippen LogP contribution in [0.1, 0.15) is 28.8 Å². The van der Waals surface area contributed by atoms with Gasteiger partial charge in [-0.05, 0) is 56.7 Å². The summed E-state index contributed by atoms with van der Waals surface area (Å²) < 4.78 is 13.0. The van der Waals surface area contributed by atoms with Crippen molar-refractivity contribution in [2.75, 3.05) is 13.2 Å². The third-order valence-corrected chi connectivity index (χ3v) is 4.06. The highest BCUT2D eigenvalue weighted by Gasteiger charge is 2.20. The smallest absolute Gasteiger partial charge is 0.258 e. The largest absolute Gasteiger partial charge is 0.484 e. The molecule has 1 unspecified atom stereocenters. The Bertz CT molecular complexity index is 868. The number of ether oxygens (including phenoxy) is 1. The summed E-state index contributed by atoms with van der Waals surface area (Å²) in [4.78, 5) is 12.2. The summed E-state index contributed by atoms with van der Waals surface area (Å²) in [7, 11) is 0. The molecule has 6 heteroatoms. The zero-order valence-electron chi connectivity index (χ0n) is 15.2. The monoisotopic (exact) mass is 353 g/mol. The van der Waals surface area contributed by atoms with Crippen molar-refractivity contribution >= 4 is 5.91 Å². The summed E-state index contributed by atoms with van der Waals surface area (Å²) in [6.07, 6.45) is 1.62. The molecule has 1 aromatic carbocycles. The first-order valence-electron chi connectivity index (χ1n) is 8.55. The van der Waals surface area contributed by atoms with Crippen LogP contribution in [0.4, 0.5) is 0 Å². The summed E-state index contributed by atoms with van der Waals surface area (Å²) in [6, 6.07) is 13.1. The minimum Gasteiger partial charge on any atom is -0.484 e. The lowest BCUT2D eigenvalue weighted by Crippen LogP contribution is -2.35. The number of benzene rings is 1. The summed E-state index contributed by atoms with van der Waals surface area (Å²) in [6.45, 7) is 6.24. The van der Waals surface area contributed by atoms with E-state index in [0.717, 1.165) is 22.7 Å². The number of aryl methyl sites for hydroxylation is 3. The Morgan fingerprint density at radius 3 is 2.73 bits per heavy atom. The summed E-state index contributed by atoms with van der Waals surface area (Å²) in [5.41, 5.74) is 3.02. The number of nitrogens with zero attached hydrogens (tertiary/aromatic N) is 2. The second-order valence-electron chi connectivity index (χ2n) is 6.31. The van der Waals surface area contributed by atoms with Gasteiger partial charge in [0, 0.05) is 12.2 Å². The minimum atomic E-state index is -0.207. The van der Waals surface area contributed by atoms with Crippen LogP contribution in [0.5, 0.6) is 5.75 Å². The number of hydrogen-bond acceptors (Lipinski definition) is 4. The van der Waals surface area contributed by atoms with Crippen molar-refractivity contribution in [3.05, 3.63) is 71.4 Å². The van der Waals surface area contributed by atoms with Crippen LogP contribution in [-0.4, -0.2) is 28.8 Å². The van der Waals surface area contributed by atoms with E-state index in [9.17, 15) is 4.79 Å². The molecule has 0 aliphatic rings. The Hall–Kier alpha value is -3.02. The molecule has 2 heterocycles. The topological polar surface area (TPSA) is 69.3 Å². The Morgan fingerprint density at radius 2 is 2.08 bits per heavy atom. The van der Waals surface area contributed by atoms with E-state index in [1.165, 1.54) is 0 Å². The van der Waals surface area contributed by atoms with Crippen molar-refractivity contribution in [1.29, 1.82) is 0 Å². The Balaban J connectivity index is 1.63. The maximum Gasteiger partial charge on any atom is 0.258 e. The lowest BCUT2D eigenvalue weighted by molar-refractivity contribution is -0.123. The van der Waals surface area contributed by atoms with Crippen molar-refractivity contribution in [2.24, 2.45) is 0 Å².